The van der Waals surface area contributed by atoms with Gasteiger partial charge in [-0.3, -0.25) is 4.79 Å². The van der Waals surface area contributed by atoms with Gasteiger partial charge in [-0.15, -0.1) is 11.3 Å². The van der Waals surface area contributed by atoms with E-state index < -0.39 is 0 Å². The van der Waals surface area contributed by atoms with E-state index in [1.165, 1.54) is 0 Å². The van der Waals surface area contributed by atoms with Crippen molar-refractivity contribution in [1.29, 1.82) is 0 Å². The molecule has 116 valence electrons. The molecule has 4 rings (SSSR count). The van der Waals surface area contributed by atoms with E-state index in [0.717, 1.165) is 10.4 Å². The minimum atomic E-state index is -0.140. The number of ether oxygens (including phenoxy) is 2. The first-order chi connectivity index (χ1) is 11.3. The second kappa shape index (κ2) is 6.06. The van der Waals surface area contributed by atoms with Gasteiger partial charge in [0, 0.05) is 10.4 Å². The number of carbonyl (C=O) groups is 1. The van der Waals surface area contributed by atoms with Crippen LogP contribution in [0.25, 0.3) is 0 Å². The van der Waals surface area contributed by atoms with Gasteiger partial charge in [-0.25, -0.2) is 0 Å². The molecule has 1 amide bonds. The second-order valence-corrected chi connectivity index (χ2v) is 6.81. The molecule has 1 aliphatic heterocycles. The van der Waals surface area contributed by atoms with Gasteiger partial charge in [-0.1, -0.05) is 6.07 Å². The van der Waals surface area contributed by atoms with Crippen LogP contribution < -0.4 is 14.8 Å². The summed E-state index contributed by atoms with van der Waals surface area (Å²) in [5.41, 5.74) is 1.65. The molecule has 0 unspecified atom stereocenters. The Morgan fingerprint density at radius 3 is 2.83 bits per heavy atom. The molecular formula is C17H13NO3S2. The van der Waals surface area contributed by atoms with Gasteiger partial charge in [-0.2, -0.15) is 11.3 Å². The normalized spacial score (nSPS) is 13.7. The molecule has 1 aliphatic rings. The van der Waals surface area contributed by atoms with Crippen molar-refractivity contribution in [2.45, 2.75) is 6.04 Å². The van der Waals surface area contributed by atoms with Gasteiger partial charge in [0.05, 0.1) is 6.04 Å². The lowest BCUT2D eigenvalue weighted by atomic mass is 10.1. The Kier molecular flexibility index (Phi) is 3.77. The van der Waals surface area contributed by atoms with Crippen LogP contribution >= 0.6 is 22.7 Å². The van der Waals surface area contributed by atoms with Crippen molar-refractivity contribution in [2.75, 3.05) is 6.79 Å². The molecule has 1 aromatic carbocycles. The van der Waals surface area contributed by atoms with Crippen molar-refractivity contribution in [3.05, 3.63) is 68.5 Å². The first-order valence-corrected chi connectivity index (χ1v) is 8.89. The van der Waals surface area contributed by atoms with E-state index in [2.05, 4.69) is 10.7 Å². The van der Waals surface area contributed by atoms with Crippen molar-refractivity contribution in [1.82, 2.24) is 5.32 Å². The fraction of sp³-hybridized carbons (Fsp3) is 0.118. The highest BCUT2D eigenvalue weighted by Gasteiger charge is 2.21. The molecule has 0 bridgehead atoms. The van der Waals surface area contributed by atoms with Crippen molar-refractivity contribution in [2.24, 2.45) is 0 Å². The van der Waals surface area contributed by atoms with Crippen molar-refractivity contribution >= 4 is 28.6 Å². The number of amides is 1. The minimum Gasteiger partial charge on any atom is -0.454 e. The van der Waals surface area contributed by atoms with Crippen LogP contribution in [0, 0.1) is 0 Å². The third kappa shape index (κ3) is 2.83. The van der Waals surface area contributed by atoms with Crippen LogP contribution in [-0.4, -0.2) is 12.7 Å². The summed E-state index contributed by atoms with van der Waals surface area (Å²) in [6.07, 6.45) is 0. The van der Waals surface area contributed by atoms with Gasteiger partial charge >= 0.3 is 0 Å². The maximum atomic E-state index is 12.6. The molecule has 0 saturated heterocycles. The summed E-state index contributed by atoms with van der Waals surface area (Å²) in [6, 6.07) is 11.2. The third-order valence-corrected chi connectivity index (χ3v) is 5.25. The Hall–Kier alpha value is -2.31. The highest BCUT2D eigenvalue weighted by molar-refractivity contribution is 7.10. The van der Waals surface area contributed by atoms with E-state index in [1.54, 1.807) is 40.9 Å². The summed E-state index contributed by atoms with van der Waals surface area (Å²) >= 11 is 3.25. The highest BCUT2D eigenvalue weighted by Crippen LogP contribution is 2.33. The molecule has 3 aromatic rings. The van der Waals surface area contributed by atoms with Gasteiger partial charge in [0.25, 0.3) is 5.91 Å². The lowest BCUT2D eigenvalue weighted by Gasteiger charge is -2.16. The monoisotopic (exact) mass is 343 g/mol. The minimum absolute atomic E-state index is 0.132. The SMILES string of the molecule is O=C(N[C@H](c1ccsc1)c1cccs1)c1ccc2c(c1)OCO2. The first-order valence-electron chi connectivity index (χ1n) is 7.07. The van der Waals surface area contributed by atoms with E-state index in [4.69, 9.17) is 9.47 Å². The van der Waals surface area contributed by atoms with E-state index in [0.29, 0.717) is 17.1 Å². The molecule has 0 fully saturated rings. The number of benzene rings is 1. The highest BCUT2D eigenvalue weighted by atomic mass is 32.1. The number of hydrogen-bond acceptors (Lipinski definition) is 5. The molecule has 4 nitrogen and oxygen atoms in total. The molecule has 1 N–H and O–H groups in total. The average molecular weight is 343 g/mol. The molecule has 0 radical (unpaired) electrons. The Morgan fingerprint density at radius 1 is 1.13 bits per heavy atom. The summed E-state index contributed by atoms with van der Waals surface area (Å²) in [4.78, 5) is 13.8. The molecule has 3 heterocycles. The lowest BCUT2D eigenvalue weighted by Crippen LogP contribution is -2.28. The predicted molar refractivity (Wildman–Crippen MR) is 90.5 cm³/mol. The number of fused-ring (bicyclic) bond motifs is 1. The van der Waals surface area contributed by atoms with Gasteiger partial charge in [0.2, 0.25) is 6.79 Å². The van der Waals surface area contributed by atoms with Crippen LogP contribution in [0.2, 0.25) is 0 Å². The molecule has 0 spiro atoms. The molecule has 0 saturated carbocycles. The molecule has 6 heteroatoms. The fourth-order valence-electron chi connectivity index (χ4n) is 2.47. The van der Waals surface area contributed by atoms with Crippen LogP contribution in [0.1, 0.15) is 26.8 Å². The summed E-state index contributed by atoms with van der Waals surface area (Å²) in [6.45, 7) is 0.202. The number of thiophene rings is 2. The summed E-state index contributed by atoms with van der Waals surface area (Å²) in [5, 5.41) is 9.20. The van der Waals surface area contributed by atoms with E-state index in [9.17, 15) is 4.79 Å². The molecule has 2 aromatic heterocycles. The van der Waals surface area contributed by atoms with Crippen molar-refractivity contribution in [3.63, 3.8) is 0 Å². The maximum Gasteiger partial charge on any atom is 0.252 e. The number of carbonyl (C=O) groups excluding carboxylic acids is 1. The van der Waals surface area contributed by atoms with Crippen molar-refractivity contribution < 1.29 is 14.3 Å². The summed E-state index contributed by atoms with van der Waals surface area (Å²) in [5.74, 6) is 1.16. The van der Waals surface area contributed by atoms with Crippen LogP contribution in [0.4, 0.5) is 0 Å². The standard InChI is InChI=1S/C17H13NO3S2/c19-17(11-3-4-13-14(8-11)21-10-20-13)18-16(12-5-7-22-9-12)15-2-1-6-23-15/h1-9,16H,10H2,(H,18,19)/t16-/m1/s1. The Balaban J connectivity index is 1.60. The number of hydrogen-bond donors (Lipinski definition) is 1. The predicted octanol–water partition coefficient (Wildman–Crippen LogP) is 4.06. The van der Waals surface area contributed by atoms with Gasteiger partial charge in [0.15, 0.2) is 11.5 Å². The lowest BCUT2D eigenvalue weighted by molar-refractivity contribution is 0.0943. The number of nitrogens with one attached hydrogen (secondary N) is 1. The van der Waals surface area contributed by atoms with E-state index in [-0.39, 0.29) is 18.7 Å². The van der Waals surface area contributed by atoms with Crippen LogP contribution in [-0.2, 0) is 0 Å². The maximum absolute atomic E-state index is 12.6. The topological polar surface area (TPSA) is 47.6 Å². The fourth-order valence-corrected chi connectivity index (χ4v) is 3.95. The van der Waals surface area contributed by atoms with Crippen LogP contribution in [0.3, 0.4) is 0 Å². The summed E-state index contributed by atoms with van der Waals surface area (Å²) in [7, 11) is 0. The zero-order chi connectivity index (χ0) is 15.6. The molecule has 0 aliphatic carbocycles. The first kappa shape index (κ1) is 14.3. The average Bonchev–Trinajstić information content (AvgIpc) is 3.34. The Bertz CT molecular complexity index is 778. The smallest absolute Gasteiger partial charge is 0.252 e. The number of rotatable bonds is 4. The quantitative estimate of drug-likeness (QED) is 0.777. The van der Waals surface area contributed by atoms with Crippen LogP contribution in [0.5, 0.6) is 11.5 Å². The van der Waals surface area contributed by atoms with Crippen molar-refractivity contribution in [3.8, 4) is 11.5 Å². The molecular weight excluding hydrogens is 330 g/mol. The zero-order valence-electron chi connectivity index (χ0n) is 12.0. The second-order valence-electron chi connectivity index (χ2n) is 5.05. The van der Waals surface area contributed by atoms with Crippen LogP contribution in [0.15, 0.2) is 52.5 Å². The largest absolute Gasteiger partial charge is 0.454 e. The molecule has 23 heavy (non-hydrogen) atoms. The third-order valence-electron chi connectivity index (χ3n) is 3.61. The van der Waals surface area contributed by atoms with E-state index in [1.807, 2.05) is 29.0 Å². The molecule has 1 atom stereocenters. The van der Waals surface area contributed by atoms with E-state index >= 15 is 0 Å². The Morgan fingerprint density at radius 2 is 2.04 bits per heavy atom. The zero-order valence-corrected chi connectivity index (χ0v) is 13.7. The summed E-state index contributed by atoms with van der Waals surface area (Å²) < 4.78 is 10.6. The van der Waals surface area contributed by atoms with Gasteiger partial charge in [0.1, 0.15) is 0 Å². The van der Waals surface area contributed by atoms with Gasteiger partial charge < -0.3 is 14.8 Å². The van der Waals surface area contributed by atoms with Gasteiger partial charge in [-0.05, 0) is 52.0 Å². The Labute approximate surface area is 141 Å².